The second-order valence-corrected chi connectivity index (χ2v) is 6.06. The molecule has 0 aliphatic rings. The molecule has 2 N–H and O–H groups in total. The molecule has 0 saturated carbocycles. The Morgan fingerprint density at radius 1 is 1.33 bits per heavy atom. The lowest BCUT2D eigenvalue weighted by Gasteiger charge is -2.09. The average Bonchev–Trinajstić information content (AvgIpc) is 2.83. The zero-order valence-corrected chi connectivity index (χ0v) is 12.0. The first-order valence-electron chi connectivity index (χ1n) is 6.28. The van der Waals surface area contributed by atoms with Crippen LogP contribution in [0.4, 0.5) is 0 Å². The highest BCUT2D eigenvalue weighted by Gasteiger charge is 2.18. The van der Waals surface area contributed by atoms with Crippen molar-refractivity contribution in [2.75, 3.05) is 13.1 Å². The van der Waals surface area contributed by atoms with E-state index in [-0.39, 0.29) is 5.09 Å². The van der Waals surface area contributed by atoms with E-state index >= 15 is 0 Å². The Bertz CT molecular complexity index is 454. The van der Waals surface area contributed by atoms with Crippen molar-refractivity contribution >= 4 is 10.0 Å². The first-order chi connectivity index (χ1) is 8.49. The summed E-state index contributed by atoms with van der Waals surface area (Å²) in [5.41, 5.74) is 0. The van der Waals surface area contributed by atoms with Crippen LogP contribution in [0.25, 0.3) is 0 Å². The van der Waals surface area contributed by atoms with Crippen molar-refractivity contribution in [2.45, 2.75) is 38.8 Å². The molecule has 0 radical (unpaired) electrons. The van der Waals surface area contributed by atoms with E-state index in [0.717, 1.165) is 13.0 Å². The van der Waals surface area contributed by atoms with Gasteiger partial charge in [-0.25, -0.2) is 13.1 Å². The summed E-state index contributed by atoms with van der Waals surface area (Å²) in [6.07, 6.45) is 0.937. The topological polar surface area (TPSA) is 71.3 Å². The quantitative estimate of drug-likeness (QED) is 0.757. The van der Waals surface area contributed by atoms with Crippen LogP contribution in [0.15, 0.2) is 21.6 Å². The Morgan fingerprint density at radius 2 is 2.06 bits per heavy atom. The minimum Gasteiger partial charge on any atom is -0.447 e. The summed E-state index contributed by atoms with van der Waals surface area (Å²) in [4.78, 5) is 0. The van der Waals surface area contributed by atoms with Crippen molar-refractivity contribution in [3.63, 3.8) is 0 Å². The molecule has 0 aliphatic carbocycles. The Morgan fingerprint density at radius 3 is 2.67 bits per heavy atom. The highest BCUT2D eigenvalue weighted by atomic mass is 32.2. The van der Waals surface area contributed by atoms with Crippen molar-refractivity contribution in [1.29, 1.82) is 0 Å². The predicted molar refractivity (Wildman–Crippen MR) is 70.7 cm³/mol. The van der Waals surface area contributed by atoms with E-state index < -0.39 is 10.0 Å². The maximum absolute atomic E-state index is 11.9. The lowest BCUT2D eigenvalue weighted by Crippen LogP contribution is -2.27. The number of rotatable bonds is 8. The normalized spacial score (nSPS) is 13.7. The molecule has 0 amide bonds. The molecule has 5 nitrogen and oxygen atoms in total. The molecular weight excluding hydrogens is 252 g/mol. The van der Waals surface area contributed by atoms with Gasteiger partial charge in [0.05, 0.1) is 6.54 Å². The number of nitrogens with one attached hydrogen (secondary N) is 2. The maximum atomic E-state index is 11.9. The molecule has 1 aromatic rings. The van der Waals surface area contributed by atoms with E-state index in [2.05, 4.69) is 10.0 Å². The number of hydrogen-bond donors (Lipinski definition) is 2. The van der Waals surface area contributed by atoms with Crippen LogP contribution in [-0.4, -0.2) is 21.5 Å². The third kappa shape index (κ3) is 4.44. The summed E-state index contributed by atoms with van der Waals surface area (Å²) in [5.74, 6) is 0.941. The molecule has 1 unspecified atom stereocenters. The fourth-order valence-corrected chi connectivity index (χ4v) is 2.42. The van der Waals surface area contributed by atoms with Crippen LogP contribution in [0.1, 0.15) is 33.0 Å². The monoisotopic (exact) mass is 274 g/mol. The zero-order valence-electron chi connectivity index (χ0n) is 11.2. The second kappa shape index (κ2) is 6.92. The molecule has 1 atom stereocenters. The summed E-state index contributed by atoms with van der Waals surface area (Å²) >= 11 is 0. The van der Waals surface area contributed by atoms with Gasteiger partial charge in [0.1, 0.15) is 5.76 Å². The molecule has 1 heterocycles. The van der Waals surface area contributed by atoms with Crippen molar-refractivity contribution < 1.29 is 12.8 Å². The van der Waals surface area contributed by atoms with Gasteiger partial charge < -0.3 is 9.73 Å². The van der Waals surface area contributed by atoms with Crippen LogP contribution >= 0.6 is 0 Å². The van der Waals surface area contributed by atoms with E-state index in [9.17, 15) is 8.42 Å². The molecule has 18 heavy (non-hydrogen) atoms. The molecule has 1 rings (SSSR count). The van der Waals surface area contributed by atoms with Crippen molar-refractivity contribution in [3.05, 3.63) is 17.9 Å². The summed E-state index contributed by atoms with van der Waals surface area (Å²) in [7, 11) is -3.51. The van der Waals surface area contributed by atoms with Crippen molar-refractivity contribution in [2.24, 2.45) is 5.92 Å². The van der Waals surface area contributed by atoms with Crippen molar-refractivity contribution in [1.82, 2.24) is 10.0 Å². The molecule has 0 saturated heterocycles. The number of furan rings is 1. The molecule has 0 spiro atoms. The van der Waals surface area contributed by atoms with E-state index in [1.165, 1.54) is 6.07 Å². The molecule has 104 valence electrons. The summed E-state index contributed by atoms with van der Waals surface area (Å²) in [5, 5.41) is 3.06. The minimum absolute atomic E-state index is 0.0151. The van der Waals surface area contributed by atoms with E-state index in [1.54, 1.807) is 6.07 Å². The minimum atomic E-state index is -3.51. The zero-order chi connectivity index (χ0) is 13.6. The first-order valence-corrected chi connectivity index (χ1v) is 7.77. The number of sulfonamides is 1. The highest BCUT2D eigenvalue weighted by Crippen LogP contribution is 2.14. The van der Waals surface area contributed by atoms with Gasteiger partial charge in [0.25, 0.3) is 10.0 Å². The predicted octanol–water partition coefficient (Wildman–Crippen LogP) is 1.71. The fraction of sp³-hybridized carbons (Fsp3) is 0.667. The summed E-state index contributed by atoms with van der Waals surface area (Å²) in [6.45, 7) is 7.80. The van der Waals surface area contributed by atoms with Crippen LogP contribution in [0, 0.1) is 5.92 Å². The van der Waals surface area contributed by atoms with E-state index in [1.807, 2.05) is 20.8 Å². The lowest BCUT2D eigenvalue weighted by atomic mass is 10.1. The van der Waals surface area contributed by atoms with Gasteiger partial charge in [-0.3, -0.25) is 0 Å². The summed E-state index contributed by atoms with van der Waals surface area (Å²) < 4.78 is 31.7. The third-order valence-electron chi connectivity index (χ3n) is 2.77. The maximum Gasteiger partial charge on any atom is 0.273 e. The lowest BCUT2D eigenvalue weighted by molar-refractivity contribution is 0.399. The first kappa shape index (κ1) is 15.2. The Balaban J connectivity index is 2.64. The van der Waals surface area contributed by atoms with Gasteiger partial charge in [-0.2, -0.15) is 0 Å². The van der Waals surface area contributed by atoms with Crippen LogP contribution < -0.4 is 10.0 Å². The van der Waals surface area contributed by atoms with Gasteiger partial charge in [-0.1, -0.05) is 27.2 Å². The van der Waals surface area contributed by atoms with E-state index in [0.29, 0.717) is 24.8 Å². The molecular formula is C12H22N2O3S. The van der Waals surface area contributed by atoms with Gasteiger partial charge in [0.2, 0.25) is 5.09 Å². The molecule has 6 heteroatoms. The smallest absolute Gasteiger partial charge is 0.273 e. The summed E-state index contributed by atoms with van der Waals surface area (Å²) in [6, 6.07) is 3.17. The Labute approximate surface area is 109 Å². The molecule has 0 aromatic carbocycles. The van der Waals surface area contributed by atoms with Gasteiger partial charge in [-0.05, 0) is 24.6 Å². The molecule has 0 bridgehead atoms. The second-order valence-electron chi connectivity index (χ2n) is 4.37. The Hall–Kier alpha value is -0.850. The van der Waals surface area contributed by atoms with Gasteiger partial charge in [0, 0.05) is 6.54 Å². The van der Waals surface area contributed by atoms with Crippen LogP contribution in [-0.2, 0) is 16.6 Å². The Kier molecular flexibility index (Phi) is 5.84. The highest BCUT2D eigenvalue weighted by molar-refractivity contribution is 7.89. The molecule has 0 fully saturated rings. The fourth-order valence-electron chi connectivity index (χ4n) is 1.31. The van der Waals surface area contributed by atoms with E-state index in [4.69, 9.17) is 4.42 Å². The van der Waals surface area contributed by atoms with Gasteiger partial charge >= 0.3 is 0 Å². The van der Waals surface area contributed by atoms with Crippen LogP contribution in [0.3, 0.4) is 0 Å². The van der Waals surface area contributed by atoms with Crippen LogP contribution in [0.2, 0.25) is 0 Å². The number of hydrogen-bond acceptors (Lipinski definition) is 4. The third-order valence-corrected chi connectivity index (χ3v) is 4.07. The standard InChI is InChI=1S/C12H22N2O3S/c1-4-10(3)8-14-18(15,16)12-7-6-11(17-12)9-13-5-2/h6-7,10,13-14H,4-5,8-9H2,1-3H3. The van der Waals surface area contributed by atoms with Crippen molar-refractivity contribution in [3.8, 4) is 0 Å². The average molecular weight is 274 g/mol. The molecule has 0 aliphatic heterocycles. The molecule has 1 aromatic heterocycles. The van der Waals surface area contributed by atoms with Gasteiger partial charge in [-0.15, -0.1) is 0 Å². The SMILES string of the molecule is CCNCc1ccc(S(=O)(=O)NCC(C)CC)o1. The largest absolute Gasteiger partial charge is 0.447 e. The van der Waals surface area contributed by atoms with Crippen LogP contribution in [0.5, 0.6) is 0 Å². The van der Waals surface area contributed by atoms with Gasteiger partial charge in [0.15, 0.2) is 0 Å².